The number of nitrogen functional groups attached to an aromatic ring is 1. The predicted octanol–water partition coefficient (Wildman–Crippen LogP) is 0.725. The van der Waals surface area contributed by atoms with Gasteiger partial charge in [-0.2, -0.15) is 0 Å². The predicted molar refractivity (Wildman–Crippen MR) is 58.1 cm³/mol. The van der Waals surface area contributed by atoms with Gasteiger partial charge in [0.05, 0.1) is 0 Å². The van der Waals surface area contributed by atoms with Crippen LogP contribution in [-0.4, -0.2) is 35.5 Å². The van der Waals surface area contributed by atoms with Gasteiger partial charge in [0.2, 0.25) is 0 Å². The summed E-state index contributed by atoms with van der Waals surface area (Å²) >= 11 is 0. The minimum atomic E-state index is 0.575. The average molecular weight is 194 g/mol. The first-order chi connectivity index (χ1) is 6.61. The van der Waals surface area contributed by atoms with Crippen LogP contribution in [0.3, 0.4) is 0 Å². The molecular weight excluding hydrogens is 176 g/mol. The van der Waals surface area contributed by atoms with Crippen molar-refractivity contribution in [3.63, 3.8) is 0 Å². The van der Waals surface area contributed by atoms with Gasteiger partial charge < -0.3 is 10.6 Å². The van der Waals surface area contributed by atoms with Gasteiger partial charge in [-0.25, -0.2) is 9.97 Å². The molecule has 0 radical (unpaired) electrons. The quantitative estimate of drug-likeness (QED) is 0.767. The molecule has 4 nitrogen and oxygen atoms in total. The van der Waals surface area contributed by atoms with E-state index in [4.69, 9.17) is 5.73 Å². The first-order valence-electron chi connectivity index (χ1n) is 4.89. The fourth-order valence-corrected chi connectivity index (χ4v) is 1.19. The molecule has 14 heavy (non-hydrogen) atoms. The Morgan fingerprint density at radius 1 is 1.36 bits per heavy atom. The van der Waals surface area contributed by atoms with Crippen LogP contribution in [0.25, 0.3) is 0 Å². The third-order valence-electron chi connectivity index (χ3n) is 1.99. The number of hydrogen-bond acceptors (Lipinski definition) is 4. The van der Waals surface area contributed by atoms with E-state index in [9.17, 15) is 0 Å². The Balaban J connectivity index is 2.71. The maximum atomic E-state index is 5.68. The highest BCUT2D eigenvalue weighted by Gasteiger charge is 2.01. The lowest BCUT2D eigenvalue weighted by Crippen LogP contribution is -2.17. The van der Waals surface area contributed by atoms with Crippen LogP contribution < -0.4 is 5.73 Å². The van der Waals surface area contributed by atoms with E-state index in [2.05, 4.69) is 21.8 Å². The van der Waals surface area contributed by atoms with Crippen LogP contribution in [0.4, 0.5) is 5.82 Å². The highest BCUT2D eigenvalue weighted by atomic mass is 15.1. The standard InChI is InChI=1S/C10H18N4/c1-4-8-7-9(11)13-10(12-8)5-6-14(2)3/h7H,4-6H2,1-3H3,(H2,11,12,13). The van der Waals surface area contributed by atoms with Crippen molar-refractivity contribution in [2.24, 2.45) is 0 Å². The van der Waals surface area contributed by atoms with Crippen LogP contribution in [0.2, 0.25) is 0 Å². The molecule has 78 valence electrons. The fourth-order valence-electron chi connectivity index (χ4n) is 1.19. The van der Waals surface area contributed by atoms with Gasteiger partial charge in [0.15, 0.2) is 0 Å². The Hall–Kier alpha value is -1.16. The van der Waals surface area contributed by atoms with E-state index in [1.54, 1.807) is 0 Å². The minimum Gasteiger partial charge on any atom is -0.384 e. The molecule has 0 amide bonds. The summed E-state index contributed by atoms with van der Waals surface area (Å²) in [6, 6.07) is 1.83. The Morgan fingerprint density at radius 2 is 2.07 bits per heavy atom. The number of nitrogens with two attached hydrogens (primary N) is 1. The topological polar surface area (TPSA) is 55.0 Å². The number of aryl methyl sites for hydroxylation is 1. The Labute approximate surface area is 85.2 Å². The van der Waals surface area contributed by atoms with Crippen molar-refractivity contribution >= 4 is 5.82 Å². The van der Waals surface area contributed by atoms with Crippen LogP contribution >= 0.6 is 0 Å². The zero-order chi connectivity index (χ0) is 10.6. The molecule has 0 aliphatic carbocycles. The monoisotopic (exact) mass is 194 g/mol. The van der Waals surface area contributed by atoms with Crippen molar-refractivity contribution in [1.29, 1.82) is 0 Å². The summed E-state index contributed by atoms with van der Waals surface area (Å²) in [5, 5.41) is 0. The molecule has 2 N–H and O–H groups in total. The van der Waals surface area contributed by atoms with Crippen molar-refractivity contribution in [1.82, 2.24) is 14.9 Å². The van der Waals surface area contributed by atoms with Crippen LogP contribution in [0, 0.1) is 0 Å². The van der Waals surface area contributed by atoms with E-state index in [1.807, 2.05) is 20.2 Å². The Morgan fingerprint density at radius 3 is 2.64 bits per heavy atom. The lowest BCUT2D eigenvalue weighted by Gasteiger charge is -2.09. The molecule has 1 rings (SSSR count). The van der Waals surface area contributed by atoms with Crippen molar-refractivity contribution in [3.8, 4) is 0 Å². The van der Waals surface area contributed by atoms with E-state index in [0.717, 1.165) is 30.9 Å². The number of nitrogens with zero attached hydrogens (tertiary/aromatic N) is 3. The highest BCUT2D eigenvalue weighted by molar-refractivity contribution is 5.29. The molecule has 4 heteroatoms. The molecule has 0 spiro atoms. The molecule has 0 atom stereocenters. The molecule has 1 aromatic rings. The van der Waals surface area contributed by atoms with Crippen LogP contribution in [-0.2, 0) is 12.8 Å². The Kier molecular flexibility index (Phi) is 3.83. The van der Waals surface area contributed by atoms with Gasteiger partial charge in [-0.1, -0.05) is 6.92 Å². The maximum Gasteiger partial charge on any atom is 0.132 e. The molecule has 0 aromatic carbocycles. The third kappa shape index (κ3) is 3.30. The van der Waals surface area contributed by atoms with E-state index in [0.29, 0.717) is 5.82 Å². The zero-order valence-electron chi connectivity index (χ0n) is 9.12. The smallest absolute Gasteiger partial charge is 0.132 e. The number of hydrogen-bond donors (Lipinski definition) is 1. The van der Waals surface area contributed by atoms with E-state index < -0.39 is 0 Å². The SMILES string of the molecule is CCc1cc(N)nc(CCN(C)C)n1. The third-order valence-corrected chi connectivity index (χ3v) is 1.99. The van der Waals surface area contributed by atoms with Crippen LogP contribution in [0.1, 0.15) is 18.4 Å². The minimum absolute atomic E-state index is 0.575. The summed E-state index contributed by atoms with van der Waals surface area (Å²) in [5.41, 5.74) is 6.70. The van der Waals surface area contributed by atoms with Crippen molar-refractivity contribution < 1.29 is 0 Å². The number of rotatable bonds is 4. The summed E-state index contributed by atoms with van der Waals surface area (Å²) in [6.45, 7) is 3.02. The highest BCUT2D eigenvalue weighted by Crippen LogP contribution is 2.04. The summed E-state index contributed by atoms with van der Waals surface area (Å²) in [5.74, 6) is 1.42. The second-order valence-electron chi connectivity index (χ2n) is 3.61. The van der Waals surface area contributed by atoms with Gasteiger partial charge in [0.1, 0.15) is 11.6 Å². The van der Waals surface area contributed by atoms with Crippen molar-refractivity contribution in [2.75, 3.05) is 26.4 Å². The normalized spacial score (nSPS) is 10.9. The second-order valence-corrected chi connectivity index (χ2v) is 3.61. The molecule has 0 fully saturated rings. The van der Waals surface area contributed by atoms with Crippen LogP contribution in [0.15, 0.2) is 6.07 Å². The largest absolute Gasteiger partial charge is 0.384 e. The fraction of sp³-hybridized carbons (Fsp3) is 0.600. The first kappa shape index (κ1) is 10.9. The van der Waals surface area contributed by atoms with Crippen LogP contribution in [0.5, 0.6) is 0 Å². The maximum absolute atomic E-state index is 5.68. The molecule has 0 aliphatic rings. The molecule has 0 saturated carbocycles. The average Bonchev–Trinajstić information content (AvgIpc) is 2.14. The lowest BCUT2D eigenvalue weighted by atomic mass is 10.3. The van der Waals surface area contributed by atoms with Gasteiger partial charge >= 0.3 is 0 Å². The lowest BCUT2D eigenvalue weighted by molar-refractivity contribution is 0.409. The second kappa shape index (κ2) is 4.91. The van der Waals surface area contributed by atoms with E-state index >= 15 is 0 Å². The van der Waals surface area contributed by atoms with Crippen molar-refractivity contribution in [3.05, 3.63) is 17.6 Å². The van der Waals surface area contributed by atoms with Gasteiger partial charge in [0, 0.05) is 24.7 Å². The van der Waals surface area contributed by atoms with Crippen molar-refractivity contribution in [2.45, 2.75) is 19.8 Å². The molecule has 0 aliphatic heterocycles. The van der Waals surface area contributed by atoms with Gasteiger partial charge in [-0.05, 0) is 20.5 Å². The van der Waals surface area contributed by atoms with Gasteiger partial charge in [-0.3, -0.25) is 0 Å². The molecule has 0 unspecified atom stereocenters. The summed E-state index contributed by atoms with van der Waals surface area (Å²) < 4.78 is 0. The number of anilines is 1. The van der Waals surface area contributed by atoms with Gasteiger partial charge in [-0.15, -0.1) is 0 Å². The molecule has 0 bridgehead atoms. The summed E-state index contributed by atoms with van der Waals surface area (Å²) in [4.78, 5) is 10.7. The molecule has 1 aromatic heterocycles. The van der Waals surface area contributed by atoms with E-state index in [1.165, 1.54) is 0 Å². The molecule has 1 heterocycles. The number of aromatic nitrogens is 2. The zero-order valence-corrected chi connectivity index (χ0v) is 9.12. The number of likely N-dealkylation sites (N-methyl/N-ethyl adjacent to an activating group) is 1. The summed E-state index contributed by atoms with van der Waals surface area (Å²) in [6.07, 6.45) is 1.76. The van der Waals surface area contributed by atoms with E-state index in [-0.39, 0.29) is 0 Å². The summed E-state index contributed by atoms with van der Waals surface area (Å²) in [7, 11) is 4.07. The Bertz CT molecular complexity index is 296. The first-order valence-corrected chi connectivity index (χ1v) is 4.89. The van der Waals surface area contributed by atoms with Gasteiger partial charge in [0.25, 0.3) is 0 Å². The molecule has 0 saturated heterocycles. The molecular formula is C10H18N4.